The van der Waals surface area contributed by atoms with Gasteiger partial charge in [0.15, 0.2) is 0 Å². The molecule has 0 unspecified atom stereocenters. The highest BCUT2D eigenvalue weighted by molar-refractivity contribution is 6.07. The predicted molar refractivity (Wildman–Crippen MR) is 126 cm³/mol. The number of esters is 1. The maximum absolute atomic E-state index is 12.0. The molecule has 2 aromatic heterocycles. The lowest BCUT2D eigenvalue weighted by Crippen LogP contribution is -2.25. The van der Waals surface area contributed by atoms with E-state index in [9.17, 15) is 4.79 Å². The highest BCUT2D eigenvalue weighted by Crippen LogP contribution is 2.22. The second-order valence-electron chi connectivity index (χ2n) is 8.80. The number of carbonyl (C=O) groups is 1. The smallest absolute Gasteiger partial charge is 0.312 e. The minimum absolute atomic E-state index is 0.0126. The Morgan fingerprint density at radius 3 is 2.70 bits per heavy atom. The van der Waals surface area contributed by atoms with Crippen molar-refractivity contribution >= 4 is 17.4 Å². The zero-order valence-electron chi connectivity index (χ0n) is 19.8. The minimum atomic E-state index is -0.375. The average Bonchev–Trinajstić information content (AvgIpc) is 2.79. The van der Waals surface area contributed by atoms with Crippen LogP contribution >= 0.6 is 0 Å². The van der Waals surface area contributed by atoms with Crippen LogP contribution in [0, 0.1) is 12.3 Å². The van der Waals surface area contributed by atoms with Gasteiger partial charge in [0.25, 0.3) is 0 Å². The topological polar surface area (TPSA) is 95.3 Å². The lowest BCUT2D eigenvalue weighted by molar-refractivity contribution is -0.141. The monoisotopic (exact) mass is 452 g/mol. The van der Waals surface area contributed by atoms with Crippen molar-refractivity contribution in [3.63, 3.8) is 0 Å². The number of ether oxygens (including phenoxy) is 1. The number of hydrogen-bond donors (Lipinski definition) is 0. The Balaban J connectivity index is 1.60. The summed E-state index contributed by atoms with van der Waals surface area (Å²) < 4.78 is 5.04. The molecule has 1 aliphatic rings. The van der Waals surface area contributed by atoms with Crippen LogP contribution in [0.3, 0.4) is 0 Å². The molecule has 0 aliphatic heterocycles. The first kappa shape index (κ1) is 24.4. The molecule has 0 N–H and O–H groups in total. The van der Waals surface area contributed by atoms with Gasteiger partial charge in [-0.1, -0.05) is 36.3 Å². The molecule has 0 aromatic carbocycles. The van der Waals surface area contributed by atoms with Gasteiger partial charge >= 0.3 is 5.97 Å². The molecule has 8 nitrogen and oxygen atoms in total. The maximum Gasteiger partial charge on any atom is 0.312 e. The van der Waals surface area contributed by atoms with E-state index < -0.39 is 0 Å². The van der Waals surface area contributed by atoms with Gasteiger partial charge in [0.05, 0.1) is 24.4 Å². The number of oxime groups is 2. The summed E-state index contributed by atoms with van der Waals surface area (Å²) in [4.78, 5) is 32.2. The van der Waals surface area contributed by atoms with Crippen LogP contribution in [0.2, 0.25) is 0 Å². The van der Waals surface area contributed by atoms with Crippen molar-refractivity contribution in [2.24, 2.45) is 15.7 Å². The van der Waals surface area contributed by atoms with E-state index in [0.29, 0.717) is 24.6 Å². The quantitative estimate of drug-likeness (QED) is 0.304. The molecule has 0 bridgehead atoms. The molecular weight excluding hydrogens is 420 g/mol. The van der Waals surface area contributed by atoms with Gasteiger partial charge in [-0.05, 0) is 56.9 Å². The van der Waals surface area contributed by atoms with Crippen molar-refractivity contribution < 1.29 is 19.2 Å². The highest BCUT2D eigenvalue weighted by Gasteiger charge is 2.23. The van der Waals surface area contributed by atoms with E-state index in [4.69, 9.17) is 14.4 Å². The van der Waals surface area contributed by atoms with E-state index in [1.807, 2.05) is 32.9 Å². The molecule has 8 heteroatoms. The van der Waals surface area contributed by atoms with Crippen LogP contribution in [0.1, 0.15) is 62.7 Å². The normalized spacial score (nSPS) is 15.2. The summed E-state index contributed by atoms with van der Waals surface area (Å²) in [5.74, 6) is -0.375. The lowest BCUT2D eigenvalue weighted by atomic mass is 9.94. The molecule has 0 radical (unpaired) electrons. The fraction of sp³-hybridized carbons (Fsp3) is 0.480. The molecule has 176 valence electrons. The number of aryl methyl sites for hydroxylation is 2. The van der Waals surface area contributed by atoms with Gasteiger partial charge in [0.1, 0.15) is 24.6 Å². The van der Waals surface area contributed by atoms with Crippen molar-refractivity contribution in [1.29, 1.82) is 0 Å². The van der Waals surface area contributed by atoms with Crippen molar-refractivity contribution in [2.75, 3.05) is 19.8 Å². The molecule has 3 rings (SSSR count). The van der Waals surface area contributed by atoms with Crippen LogP contribution < -0.4 is 0 Å². The molecule has 2 aromatic rings. The fourth-order valence-electron chi connectivity index (χ4n) is 3.35. The summed E-state index contributed by atoms with van der Waals surface area (Å²) >= 11 is 0. The summed E-state index contributed by atoms with van der Waals surface area (Å²) in [6, 6.07) is 9.57. The number of nitrogens with zero attached hydrogens (tertiary/aromatic N) is 4. The number of carbonyl (C=O) groups excluding carboxylic acids is 1. The SMILES string of the molecule is CCOC(=O)CC(=NOCC(C)(C)CON=C1CCCc2ccc(C)nc21)c1ccccn1. The van der Waals surface area contributed by atoms with Gasteiger partial charge in [-0.2, -0.15) is 0 Å². The van der Waals surface area contributed by atoms with Crippen LogP contribution in [0.15, 0.2) is 46.8 Å². The van der Waals surface area contributed by atoms with Gasteiger partial charge in [-0.3, -0.25) is 14.8 Å². The van der Waals surface area contributed by atoms with Gasteiger partial charge in [0, 0.05) is 17.3 Å². The van der Waals surface area contributed by atoms with Crippen LogP contribution in [0.25, 0.3) is 0 Å². The lowest BCUT2D eigenvalue weighted by Gasteiger charge is -2.22. The van der Waals surface area contributed by atoms with Gasteiger partial charge in [0.2, 0.25) is 0 Å². The molecular formula is C25H32N4O4. The Bertz CT molecular complexity index is 1000. The molecule has 33 heavy (non-hydrogen) atoms. The molecule has 0 saturated heterocycles. The fourth-order valence-corrected chi connectivity index (χ4v) is 3.35. The number of hydrogen-bond acceptors (Lipinski definition) is 8. The molecule has 0 amide bonds. The largest absolute Gasteiger partial charge is 0.466 e. The summed E-state index contributed by atoms with van der Waals surface area (Å²) in [5.41, 5.74) is 4.66. The van der Waals surface area contributed by atoms with E-state index in [2.05, 4.69) is 26.3 Å². The van der Waals surface area contributed by atoms with Crippen LogP contribution in [-0.2, 0) is 25.6 Å². The van der Waals surface area contributed by atoms with E-state index in [1.165, 1.54) is 5.56 Å². The van der Waals surface area contributed by atoms with Crippen molar-refractivity contribution in [3.05, 3.63) is 59.2 Å². The zero-order valence-corrected chi connectivity index (χ0v) is 19.8. The van der Waals surface area contributed by atoms with Crippen LogP contribution in [0.4, 0.5) is 0 Å². The number of rotatable bonds is 10. The summed E-state index contributed by atoms with van der Waals surface area (Å²) in [7, 11) is 0. The van der Waals surface area contributed by atoms with Crippen molar-refractivity contribution in [1.82, 2.24) is 9.97 Å². The molecule has 2 heterocycles. The minimum Gasteiger partial charge on any atom is -0.466 e. The first-order chi connectivity index (χ1) is 15.9. The third kappa shape index (κ3) is 7.37. The molecule has 0 saturated carbocycles. The first-order valence-corrected chi connectivity index (χ1v) is 11.3. The van der Waals surface area contributed by atoms with Crippen LogP contribution in [-0.4, -0.2) is 47.2 Å². The Morgan fingerprint density at radius 1 is 1.12 bits per heavy atom. The average molecular weight is 453 g/mol. The number of aromatic nitrogens is 2. The Morgan fingerprint density at radius 2 is 1.94 bits per heavy atom. The predicted octanol–water partition coefficient (Wildman–Crippen LogP) is 4.24. The summed E-state index contributed by atoms with van der Waals surface area (Å²) in [5, 5.41) is 8.58. The number of fused-ring (bicyclic) bond motifs is 1. The third-order valence-electron chi connectivity index (χ3n) is 5.09. The third-order valence-corrected chi connectivity index (χ3v) is 5.09. The Hall–Kier alpha value is -3.29. The molecule has 0 spiro atoms. The zero-order chi connectivity index (χ0) is 23.7. The standard InChI is InChI=1S/C25H32N4O4/c1-5-31-23(30)15-22(20-10-6-7-14-26-20)29-33-17-25(3,4)16-32-28-21-11-8-9-19-13-12-18(2)27-24(19)21/h6-7,10,12-14H,5,8-9,11,15-17H2,1-4H3. The summed E-state index contributed by atoms with van der Waals surface area (Å²) in [6.45, 7) is 8.70. The van der Waals surface area contributed by atoms with Gasteiger partial charge in [-0.25, -0.2) is 0 Å². The van der Waals surface area contributed by atoms with E-state index in [1.54, 1.807) is 25.3 Å². The van der Waals surface area contributed by atoms with E-state index >= 15 is 0 Å². The second-order valence-corrected chi connectivity index (χ2v) is 8.80. The highest BCUT2D eigenvalue weighted by atomic mass is 16.6. The second kappa shape index (κ2) is 11.5. The van der Waals surface area contributed by atoms with Crippen molar-refractivity contribution in [3.8, 4) is 0 Å². The Labute approximate surface area is 195 Å². The molecule has 1 aliphatic carbocycles. The maximum atomic E-state index is 12.0. The summed E-state index contributed by atoms with van der Waals surface area (Å²) in [6.07, 6.45) is 4.54. The van der Waals surface area contributed by atoms with Crippen molar-refractivity contribution in [2.45, 2.75) is 53.4 Å². The molecule has 0 atom stereocenters. The van der Waals surface area contributed by atoms with Gasteiger partial charge in [-0.15, -0.1) is 0 Å². The number of pyridine rings is 2. The van der Waals surface area contributed by atoms with E-state index in [-0.39, 0.29) is 24.4 Å². The van der Waals surface area contributed by atoms with Gasteiger partial charge < -0.3 is 14.4 Å². The van der Waals surface area contributed by atoms with Crippen LogP contribution in [0.5, 0.6) is 0 Å². The first-order valence-electron chi connectivity index (χ1n) is 11.3. The molecule has 0 fully saturated rings. The van der Waals surface area contributed by atoms with E-state index in [0.717, 1.165) is 36.4 Å². The Kier molecular flexibility index (Phi) is 8.52.